The monoisotopic (exact) mass is 235 g/mol. The number of hydrogen-bond acceptors (Lipinski definition) is 2. The summed E-state index contributed by atoms with van der Waals surface area (Å²) in [6, 6.07) is 0. The molecular formula is C14H25N3. The van der Waals surface area contributed by atoms with Crippen LogP contribution in [0.4, 0.5) is 0 Å². The van der Waals surface area contributed by atoms with Gasteiger partial charge < -0.3 is 10.3 Å². The van der Waals surface area contributed by atoms with Gasteiger partial charge in [-0.3, -0.25) is 0 Å². The zero-order valence-electron chi connectivity index (χ0n) is 11.3. The summed E-state index contributed by atoms with van der Waals surface area (Å²) in [4.78, 5) is 4.38. The Morgan fingerprint density at radius 2 is 2.18 bits per heavy atom. The Balaban J connectivity index is 2.33. The largest absolute Gasteiger partial charge is 0.330 e. The van der Waals surface area contributed by atoms with Crippen LogP contribution in [-0.2, 0) is 5.54 Å². The summed E-state index contributed by atoms with van der Waals surface area (Å²) in [6.07, 6.45) is 9.17. The molecule has 96 valence electrons. The molecule has 1 fully saturated rings. The van der Waals surface area contributed by atoms with Gasteiger partial charge in [0.25, 0.3) is 0 Å². The Bertz CT molecular complexity index is 358. The lowest BCUT2D eigenvalue weighted by Crippen LogP contribution is -2.41. The van der Waals surface area contributed by atoms with Gasteiger partial charge in [-0.25, -0.2) is 4.98 Å². The first-order chi connectivity index (χ1) is 8.14. The number of nitrogens with zero attached hydrogens (tertiary/aromatic N) is 2. The molecule has 1 unspecified atom stereocenters. The van der Waals surface area contributed by atoms with E-state index in [1.165, 1.54) is 31.4 Å². The minimum atomic E-state index is 0.341. The van der Waals surface area contributed by atoms with Crippen LogP contribution in [-0.4, -0.2) is 16.1 Å². The van der Waals surface area contributed by atoms with Gasteiger partial charge in [0.15, 0.2) is 0 Å². The fourth-order valence-corrected chi connectivity index (χ4v) is 3.06. The smallest absolute Gasteiger partial charge is 0.0953 e. The van der Waals surface area contributed by atoms with Gasteiger partial charge in [-0.15, -0.1) is 0 Å². The van der Waals surface area contributed by atoms with E-state index < -0.39 is 0 Å². The average molecular weight is 235 g/mol. The molecule has 0 spiro atoms. The van der Waals surface area contributed by atoms with Crippen molar-refractivity contribution in [2.24, 2.45) is 11.7 Å². The summed E-state index contributed by atoms with van der Waals surface area (Å²) in [5, 5.41) is 0. The van der Waals surface area contributed by atoms with Crippen molar-refractivity contribution in [3.05, 3.63) is 18.2 Å². The molecule has 0 radical (unpaired) electrons. The Labute approximate surface area is 104 Å². The standard InChI is InChI=1S/C14H25N3/c1-4-14(6-5-7-14)17-10-16-9-13(17)12(8-15)11(2)3/h9-12H,4-8,15H2,1-3H3. The molecule has 1 aliphatic carbocycles. The van der Waals surface area contributed by atoms with Crippen LogP contribution in [0.25, 0.3) is 0 Å². The van der Waals surface area contributed by atoms with Crippen molar-refractivity contribution in [1.82, 2.24) is 9.55 Å². The van der Waals surface area contributed by atoms with Gasteiger partial charge in [0.1, 0.15) is 0 Å². The van der Waals surface area contributed by atoms with Gasteiger partial charge in [-0.05, 0) is 31.6 Å². The van der Waals surface area contributed by atoms with E-state index >= 15 is 0 Å². The topological polar surface area (TPSA) is 43.8 Å². The molecule has 1 aliphatic rings. The third-order valence-corrected chi connectivity index (χ3v) is 4.56. The molecule has 2 N–H and O–H groups in total. The highest BCUT2D eigenvalue weighted by Crippen LogP contribution is 2.44. The van der Waals surface area contributed by atoms with Gasteiger partial charge in [-0.1, -0.05) is 20.8 Å². The molecule has 0 bridgehead atoms. The average Bonchev–Trinajstić information content (AvgIpc) is 2.67. The van der Waals surface area contributed by atoms with Crippen LogP contribution >= 0.6 is 0 Å². The Morgan fingerprint density at radius 3 is 2.59 bits per heavy atom. The SMILES string of the molecule is CCC1(n2cncc2C(CN)C(C)C)CCC1. The number of rotatable bonds is 5. The lowest BCUT2D eigenvalue weighted by atomic mass is 9.74. The van der Waals surface area contributed by atoms with Crippen LogP contribution in [0.15, 0.2) is 12.5 Å². The molecule has 1 heterocycles. The summed E-state index contributed by atoms with van der Waals surface area (Å²) in [5.41, 5.74) is 7.62. The van der Waals surface area contributed by atoms with Crippen molar-refractivity contribution >= 4 is 0 Å². The summed E-state index contributed by atoms with van der Waals surface area (Å²) in [7, 11) is 0. The Morgan fingerprint density at radius 1 is 1.47 bits per heavy atom. The van der Waals surface area contributed by atoms with Crippen molar-refractivity contribution < 1.29 is 0 Å². The van der Waals surface area contributed by atoms with E-state index in [-0.39, 0.29) is 0 Å². The molecule has 0 aromatic carbocycles. The first-order valence-electron chi connectivity index (χ1n) is 6.87. The molecule has 3 heteroatoms. The van der Waals surface area contributed by atoms with E-state index in [0.717, 1.165) is 0 Å². The van der Waals surface area contributed by atoms with E-state index in [9.17, 15) is 0 Å². The number of aromatic nitrogens is 2. The predicted octanol–water partition coefficient (Wildman–Crippen LogP) is 2.87. The fraction of sp³-hybridized carbons (Fsp3) is 0.786. The highest BCUT2D eigenvalue weighted by molar-refractivity contribution is 5.13. The Kier molecular flexibility index (Phi) is 3.57. The molecule has 17 heavy (non-hydrogen) atoms. The van der Waals surface area contributed by atoms with Crippen LogP contribution in [0, 0.1) is 5.92 Å². The van der Waals surface area contributed by atoms with E-state index in [2.05, 4.69) is 30.3 Å². The van der Waals surface area contributed by atoms with E-state index in [1.54, 1.807) is 0 Å². The van der Waals surface area contributed by atoms with E-state index in [0.29, 0.717) is 23.9 Å². The lowest BCUT2D eigenvalue weighted by molar-refractivity contribution is 0.129. The zero-order valence-corrected chi connectivity index (χ0v) is 11.3. The first kappa shape index (κ1) is 12.6. The number of imidazole rings is 1. The summed E-state index contributed by atoms with van der Waals surface area (Å²) in [6.45, 7) is 7.49. The lowest BCUT2D eigenvalue weighted by Gasteiger charge is -2.44. The molecule has 1 atom stereocenters. The maximum Gasteiger partial charge on any atom is 0.0953 e. The third kappa shape index (κ3) is 2.01. The molecule has 1 saturated carbocycles. The van der Waals surface area contributed by atoms with Crippen molar-refractivity contribution in [2.45, 2.75) is 57.9 Å². The van der Waals surface area contributed by atoms with Crippen LogP contribution in [0.5, 0.6) is 0 Å². The summed E-state index contributed by atoms with van der Waals surface area (Å²) < 4.78 is 2.42. The zero-order chi connectivity index (χ0) is 12.5. The molecule has 1 aromatic rings. The summed E-state index contributed by atoms with van der Waals surface area (Å²) >= 11 is 0. The molecule has 0 aliphatic heterocycles. The van der Waals surface area contributed by atoms with Crippen molar-refractivity contribution in [3.63, 3.8) is 0 Å². The molecule has 0 saturated heterocycles. The minimum absolute atomic E-state index is 0.341. The second kappa shape index (κ2) is 4.81. The van der Waals surface area contributed by atoms with Gasteiger partial charge >= 0.3 is 0 Å². The van der Waals surface area contributed by atoms with Crippen LogP contribution < -0.4 is 5.73 Å². The van der Waals surface area contributed by atoms with Crippen molar-refractivity contribution in [1.29, 1.82) is 0 Å². The molecule has 3 nitrogen and oxygen atoms in total. The maximum atomic E-state index is 5.94. The van der Waals surface area contributed by atoms with E-state index in [4.69, 9.17) is 5.73 Å². The first-order valence-corrected chi connectivity index (χ1v) is 6.87. The highest BCUT2D eigenvalue weighted by atomic mass is 15.1. The fourth-order valence-electron chi connectivity index (χ4n) is 3.06. The number of hydrogen-bond donors (Lipinski definition) is 1. The molecule has 2 rings (SSSR count). The summed E-state index contributed by atoms with van der Waals surface area (Å²) in [5.74, 6) is 1.01. The maximum absolute atomic E-state index is 5.94. The van der Waals surface area contributed by atoms with Gasteiger partial charge in [0.2, 0.25) is 0 Å². The van der Waals surface area contributed by atoms with Crippen molar-refractivity contribution in [2.75, 3.05) is 6.54 Å². The van der Waals surface area contributed by atoms with E-state index in [1.807, 2.05) is 12.5 Å². The third-order valence-electron chi connectivity index (χ3n) is 4.56. The van der Waals surface area contributed by atoms with Crippen LogP contribution in [0.1, 0.15) is 58.1 Å². The number of nitrogens with two attached hydrogens (primary N) is 1. The second-order valence-corrected chi connectivity index (χ2v) is 5.71. The molecule has 0 amide bonds. The quantitative estimate of drug-likeness (QED) is 0.853. The van der Waals surface area contributed by atoms with Gasteiger partial charge in [0.05, 0.1) is 6.33 Å². The van der Waals surface area contributed by atoms with Crippen molar-refractivity contribution in [3.8, 4) is 0 Å². The predicted molar refractivity (Wildman–Crippen MR) is 71.0 cm³/mol. The van der Waals surface area contributed by atoms with Crippen LogP contribution in [0.2, 0.25) is 0 Å². The minimum Gasteiger partial charge on any atom is -0.330 e. The second-order valence-electron chi connectivity index (χ2n) is 5.71. The van der Waals surface area contributed by atoms with Crippen LogP contribution in [0.3, 0.4) is 0 Å². The van der Waals surface area contributed by atoms with Gasteiger partial charge in [-0.2, -0.15) is 0 Å². The Hall–Kier alpha value is -0.830. The highest BCUT2D eigenvalue weighted by Gasteiger charge is 2.39. The van der Waals surface area contributed by atoms with Gasteiger partial charge in [0, 0.05) is 29.9 Å². The molecule has 1 aromatic heterocycles. The normalized spacial score (nSPS) is 20.3. The molecular weight excluding hydrogens is 210 g/mol.